The van der Waals surface area contributed by atoms with Crippen LogP contribution in [0, 0.1) is 3.57 Å². The molecule has 0 radical (unpaired) electrons. The topological polar surface area (TPSA) is 4.41 Å². The van der Waals surface area contributed by atoms with E-state index in [-0.39, 0.29) is 0 Å². The Kier molecular flexibility index (Phi) is 3.21. The van der Waals surface area contributed by atoms with E-state index in [0.29, 0.717) is 0 Å². The Morgan fingerprint density at radius 1 is 0.900 bits per heavy atom. The molecular weight excluding hydrogens is 357 g/mol. The zero-order valence-electron chi connectivity index (χ0n) is 11.5. The summed E-state index contributed by atoms with van der Waals surface area (Å²) < 4.78 is 3.85. The Labute approximate surface area is 133 Å². The Hall–Kier alpha value is -1.03. The van der Waals surface area contributed by atoms with Crippen LogP contribution in [0.25, 0.3) is 16.4 Å². The number of benzene rings is 1. The second-order valence-electron chi connectivity index (χ2n) is 5.84. The van der Waals surface area contributed by atoms with Gasteiger partial charge in [0, 0.05) is 15.2 Å². The maximum atomic E-state index is 2.57. The Morgan fingerprint density at radius 2 is 1.65 bits per heavy atom. The highest BCUT2D eigenvalue weighted by atomic mass is 127. The molecule has 1 aliphatic rings. The number of fused-ring (bicyclic) bond motifs is 3. The van der Waals surface area contributed by atoms with E-state index >= 15 is 0 Å². The molecule has 0 saturated heterocycles. The molecule has 1 aliphatic carbocycles. The smallest absolute Gasteiger partial charge is 0.0538 e. The van der Waals surface area contributed by atoms with Gasteiger partial charge in [0.1, 0.15) is 0 Å². The summed E-state index contributed by atoms with van der Waals surface area (Å²) in [6.07, 6.45) is 9.11. The lowest BCUT2D eigenvalue weighted by atomic mass is 9.83. The van der Waals surface area contributed by atoms with Gasteiger partial charge in [0.2, 0.25) is 0 Å². The van der Waals surface area contributed by atoms with Gasteiger partial charge in [-0.3, -0.25) is 0 Å². The molecule has 1 aromatic carbocycles. The predicted molar refractivity (Wildman–Crippen MR) is 93.4 cm³/mol. The number of aromatic nitrogens is 1. The fraction of sp³-hybridized carbons (Fsp3) is 0.333. The van der Waals surface area contributed by atoms with E-state index in [2.05, 4.69) is 69.6 Å². The lowest BCUT2D eigenvalue weighted by Gasteiger charge is -2.25. The number of rotatable bonds is 1. The van der Waals surface area contributed by atoms with Crippen LogP contribution in [0.4, 0.5) is 0 Å². The van der Waals surface area contributed by atoms with Gasteiger partial charge in [-0.25, -0.2) is 0 Å². The van der Waals surface area contributed by atoms with E-state index in [1.807, 2.05) is 0 Å². The molecule has 1 nitrogen and oxygen atoms in total. The van der Waals surface area contributed by atoms with E-state index in [1.54, 1.807) is 5.56 Å². The van der Waals surface area contributed by atoms with Crippen LogP contribution in [0.3, 0.4) is 0 Å². The largest absolute Gasteiger partial charge is 0.316 e. The third kappa shape index (κ3) is 1.88. The van der Waals surface area contributed by atoms with Gasteiger partial charge in [-0.2, -0.15) is 0 Å². The molecule has 0 spiro atoms. The van der Waals surface area contributed by atoms with E-state index in [0.717, 1.165) is 5.92 Å². The average Bonchev–Trinajstić information content (AvgIpc) is 2.98. The summed E-state index contributed by atoms with van der Waals surface area (Å²) in [7, 11) is 0. The van der Waals surface area contributed by atoms with Crippen LogP contribution < -0.4 is 0 Å². The van der Waals surface area contributed by atoms with Gasteiger partial charge in [0.15, 0.2) is 0 Å². The normalized spacial score (nSPS) is 17.1. The van der Waals surface area contributed by atoms with Crippen LogP contribution in [0.1, 0.15) is 43.6 Å². The molecule has 0 unspecified atom stereocenters. The molecule has 4 rings (SSSR count). The van der Waals surface area contributed by atoms with Crippen molar-refractivity contribution in [3.8, 4) is 0 Å². The highest BCUT2D eigenvalue weighted by molar-refractivity contribution is 14.1. The van der Waals surface area contributed by atoms with Gasteiger partial charge in [0.05, 0.1) is 11.0 Å². The van der Waals surface area contributed by atoms with Gasteiger partial charge in [-0.1, -0.05) is 37.5 Å². The quantitative estimate of drug-likeness (QED) is 0.478. The summed E-state index contributed by atoms with van der Waals surface area (Å²) in [5.41, 5.74) is 4.34. The monoisotopic (exact) mass is 375 g/mol. The van der Waals surface area contributed by atoms with Crippen LogP contribution in [0.15, 0.2) is 42.6 Å². The third-order valence-corrected chi connectivity index (χ3v) is 5.84. The first kappa shape index (κ1) is 12.7. The lowest BCUT2D eigenvalue weighted by molar-refractivity contribution is 0.444. The molecule has 1 fully saturated rings. The third-order valence-electron chi connectivity index (χ3n) is 4.67. The summed E-state index contributed by atoms with van der Waals surface area (Å²) in [5, 5.41) is 1.40. The number of hydrogen-bond acceptors (Lipinski definition) is 0. The molecule has 2 aromatic heterocycles. The van der Waals surface area contributed by atoms with Crippen molar-refractivity contribution in [1.82, 2.24) is 4.40 Å². The van der Waals surface area contributed by atoms with Gasteiger partial charge >= 0.3 is 0 Å². The number of nitrogens with zero attached hydrogens (tertiary/aromatic N) is 1. The Morgan fingerprint density at radius 3 is 2.50 bits per heavy atom. The highest BCUT2D eigenvalue weighted by Crippen LogP contribution is 2.40. The number of halogens is 1. The maximum absolute atomic E-state index is 2.57. The van der Waals surface area contributed by atoms with Gasteiger partial charge in [-0.15, -0.1) is 0 Å². The van der Waals surface area contributed by atoms with Crippen LogP contribution in [0.5, 0.6) is 0 Å². The molecule has 0 atom stereocenters. The first-order valence-electron chi connectivity index (χ1n) is 7.53. The minimum atomic E-state index is 0.748. The van der Waals surface area contributed by atoms with Crippen molar-refractivity contribution in [2.75, 3.05) is 0 Å². The van der Waals surface area contributed by atoms with E-state index in [4.69, 9.17) is 0 Å². The summed E-state index contributed by atoms with van der Waals surface area (Å²) >= 11 is 2.57. The molecule has 0 amide bonds. The molecule has 20 heavy (non-hydrogen) atoms. The number of hydrogen-bond donors (Lipinski definition) is 0. The fourth-order valence-electron chi connectivity index (χ4n) is 3.72. The minimum Gasteiger partial charge on any atom is -0.316 e. The SMILES string of the molecule is Ic1c(C2CCCCC2)c2cccn2c2ccccc12. The van der Waals surface area contributed by atoms with Crippen molar-refractivity contribution in [2.45, 2.75) is 38.0 Å². The Bertz CT molecular complexity index is 766. The van der Waals surface area contributed by atoms with Gasteiger partial charge in [-0.05, 0) is 65.1 Å². The van der Waals surface area contributed by atoms with E-state index in [1.165, 1.54) is 52.1 Å². The van der Waals surface area contributed by atoms with Crippen LogP contribution >= 0.6 is 22.6 Å². The Balaban J connectivity index is 2.06. The van der Waals surface area contributed by atoms with Crippen molar-refractivity contribution < 1.29 is 0 Å². The van der Waals surface area contributed by atoms with Gasteiger partial charge in [0.25, 0.3) is 0 Å². The van der Waals surface area contributed by atoms with Crippen molar-refractivity contribution in [2.24, 2.45) is 0 Å². The van der Waals surface area contributed by atoms with Crippen molar-refractivity contribution in [3.05, 3.63) is 51.7 Å². The van der Waals surface area contributed by atoms with Crippen LogP contribution in [-0.2, 0) is 0 Å². The second-order valence-corrected chi connectivity index (χ2v) is 6.92. The van der Waals surface area contributed by atoms with Gasteiger partial charge < -0.3 is 4.40 Å². The predicted octanol–water partition coefficient (Wildman–Crippen LogP) is 5.74. The number of para-hydroxylation sites is 1. The van der Waals surface area contributed by atoms with E-state index < -0.39 is 0 Å². The zero-order valence-corrected chi connectivity index (χ0v) is 13.6. The van der Waals surface area contributed by atoms with Crippen LogP contribution in [0.2, 0.25) is 0 Å². The van der Waals surface area contributed by atoms with E-state index in [9.17, 15) is 0 Å². The molecule has 0 aliphatic heterocycles. The maximum Gasteiger partial charge on any atom is 0.0538 e. The highest BCUT2D eigenvalue weighted by Gasteiger charge is 2.22. The minimum absolute atomic E-state index is 0.748. The summed E-state index contributed by atoms with van der Waals surface area (Å²) in [5.74, 6) is 0.748. The van der Waals surface area contributed by atoms with Crippen molar-refractivity contribution in [3.63, 3.8) is 0 Å². The van der Waals surface area contributed by atoms with Crippen LogP contribution in [-0.4, -0.2) is 4.40 Å². The van der Waals surface area contributed by atoms with Crippen molar-refractivity contribution >= 4 is 39.0 Å². The molecule has 3 aromatic rings. The summed E-state index contributed by atoms with van der Waals surface area (Å²) in [4.78, 5) is 0. The lowest BCUT2D eigenvalue weighted by Crippen LogP contribution is -2.08. The fourth-order valence-corrected chi connectivity index (χ4v) is 4.89. The molecule has 2 heterocycles. The first-order valence-corrected chi connectivity index (χ1v) is 8.61. The zero-order chi connectivity index (χ0) is 13.5. The molecular formula is C18H18IN. The standard InChI is InChI=1S/C18H18IN/c19-18-14-9-4-5-10-15(14)20-12-6-11-16(20)17(18)13-7-2-1-3-8-13/h4-6,9-13H,1-3,7-8H2. The second kappa shape index (κ2) is 5.06. The molecule has 102 valence electrons. The molecule has 1 saturated carbocycles. The van der Waals surface area contributed by atoms with Crippen molar-refractivity contribution in [1.29, 1.82) is 0 Å². The molecule has 2 heteroatoms. The first-order chi connectivity index (χ1) is 9.86. The summed E-state index contributed by atoms with van der Waals surface area (Å²) in [6.45, 7) is 0. The molecule has 0 N–H and O–H groups in total. The summed E-state index contributed by atoms with van der Waals surface area (Å²) in [6, 6.07) is 13.3. The average molecular weight is 375 g/mol. The molecule has 0 bridgehead atoms. The number of pyridine rings is 1.